The molecular formula is C19H29NO3. The molecule has 0 bridgehead atoms. The summed E-state index contributed by atoms with van der Waals surface area (Å²) in [5.41, 5.74) is 1.02. The van der Waals surface area contributed by atoms with Crippen molar-refractivity contribution in [1.29, 1.82) is 0 Å². The van der Waals surface area contributed by atoms with Crippen LogP contribution in [0.25, 0.3) is 0 Å². The zero-order valence-electron chi connectivity index (χ0n) is 14.4. The molecule has 0 spiro atoms. The van der Waals surface area contributed by atoms with Gasteiger partial charge in [-0.25, -0.2) is 0 Å². The van der Waals surface area contributed by atoms with Crippen LogP contribution in [-0.4, -0.2) is 42.2 Å². The average molecular weight is 319 g/mol. The average Bonchev–Trinajstić information content (AvgIpc) is 2.60. The zero-order valence-corrected chi connectivity index (χ0v) is 14.4. The first kappa shape index (κ1) is 17.8. The molecule has 1 saturated heterocycles. The van der Waals surface area contributed by atoms with Gasteiger partial charge in [0.25, 0.3) is 0 Å². The molecule has 0 aliphatic carbocycles. The van der Waals surface area contributed by atoms with Crippen molar-refractivity contribution in [2.75, 3.05) is 26.3 Å². The molecule has 0 unspecified atom stereocenters. The van der Waals surface area contributed by atoms with E-state index in [-0.39, 0.29) is 17.9 Å². The van der Waals surface area contributed by atoms with Crippen molar-refractivity contribution >= 4 is 5.91 Å². The van der Waals surface area contributed by atoms with Crippen molar-refractivity contribution < 1.29 is 14.6 Å². The Hall–Kier alpha value is -1.55. The van der Waals surface area contributed by atoms with Crippen molar-refractivity contribution in [2.45, 2.75) is 46.0 Å². The van der Waals surface area contributed by atoms with E-state index in [2.05, 4.69) is 13.8 Å². The lowest BCUT2D eigenvalue weighted by Crippen LogP contribution is -2.44. The van der Waals surface area contributed by atoms with Crippen LogP contribution in [0.1, 0.15) is 45.1 Å². The first-order chi connectivity index (χ1) is 11.1. The fourth-order valence-corrected chi connectivity index (χ4v) is 3.11. The van der Waals surface area contributed by atoms with Crippen molar-refractivity contribution in [3.63, 3.8) is 0 Å². The van der Waals surface area contributed by atoms with Crippen LogP contribution in [-0.2, 0) is 11.2 Å². The van der Waals surface area contributed by atoms with Gasteiger partial charge in [0.2, 0.25) is 5.91 Å². The Balaban J connectivity index is 1.90. The predicted molar refractivity (Wildman–Crippen MR) is 91.6 cm³/mol. The van der Waals surface area contributed by atoms with Crippen LogP contribution < -0.4 is 4.74 Å². The fraction of sp³-hybridized carbons (Fsp3) is 0.632. The number of ether oxygens (including phenoxy) is 1. The predicted octanol–water partition coefficient (Wildman–Crippen LogP) is 3.03. The Kier molecular flexibility index (Phi) is 6.46. The lowest BCUT2D eigenvalue weighted by molar-refractivity contribution is -0.133. The number of nitrogens with zero attached hydrogens (tertiary/aromatic N) is 1. The lowest BCUT2D eigenvalue weighted by Gasteiger charge is -2.40. The Bertz CT molecular complexity index is 501. The molecule has 1 heterocycles. The quantitative estimate of drug-likeness (QED) is 0.840. The Morgan fingerprint density at radius 2 is 2.04 bits per heavy atom. The van der Waals surface area contributed by atoms with E-state index < -0.39 is 0 Å². The SMILES string of the molecule is CCCOc1cccc(CC(=O)N2CCC(CC)(CO)CC2)c1. The molecule has 2 rings (SSSR count). The number of aliphatic hydroxyl groups is 1. The van der Waals surface area contributed by atoms with Gasteiger partial charge in [-0.05, 0) is 48.8 Å². The second kappa shape index (κ2) is 8.34. The van der Waals surface area contributed by atoms with Crippen LogP contribution >= 0.6 is 0 Å². The van der Waals surface area contributed by atoms with Crippen LogP contribution in [0.2, 0.25) is 0 Å². The van der Waals surface area contributed by atoms with E-state index in [0.717, 1.165) is 50.1 Å². The third-order valence-corrected chi connectivity index (χ3v) is 4.99. The molecule has 128 valence electrons. The van der Waals surface area contributed by atoms with Crippen molar-refractivity contribution in [1.82, 2.24) is 4.90 Å². The van der Waals surface area contributed by atoms with Crippen molar-refractivity contribution in [2.24, 2.45) is 5.41 Å². The molecule has 1 aliphatic heterocycles. The largest absolute Gasteiger partial charge is 0.494 e. The first-order valence-electron chi connectivity index (χ1n) is 8.73. The maximum Gasteiger partial charge on any atom is 0.226 e. The molecule has 1 N–H and O–H groups in total. The number of rotatable bonds is 7. The van der Waals surface area contributed by atoms with Gasteiger partial charge in [0.05, 0.1) is 13.0 Å². The highest BCUT2D eigenvalue weighted by Crippen LogP contribution is 2.34. The van der Waals surface area contributed by atoms with Gasteiger partial charge in [0.1, 0.15) is 5.75 Å². The number of hydrogen-bond acceptors (Lipinski definition) is 3. The second-order valence-electron chi connectivity index (χ2n) is 6.57. The van der Waals surface area contributed by atoms with Gasteiger partial charge in [-0.3, -0.25) is 4.79 Å². The minimum Gasteiger partial charge on any atom is -0.494 e. The number of benzene rings is 1. The van der Waals surface area contributed by atoms with Gasteiger partial charge in [-0.2, -0.15) is 0 Å². The molecule has 1 fully saturated rings. The second-order valence-corrected chi connectivity index (χ2v) is 6.57. The standard InChI is InChI=1S/C19H29NO3/c1-3-12-23-17-7-5-6-16(13-17)14-18(22)20-10-8-19(4-2,15-21)9-11-20/h5-7,13,21H,3-4,8-12,14-15H2,1-2H3. The van der Waals surface area contributed by atoms with E-state index in [0.29, 0.717) is 13.0 Å². The topological polar surface area (TPSA) is 49.8 Å². The van der Waals surface area contributed by atoms with E-state index in [9.17, 15) is 9.90 Å². The minimum absolute atomic E-state index is 0.0185. The van der Waals surface area contributed by atoms with Crippen LogP contribution in [0.15, 0.2) is 24.3 Å². The lowest BCUT2D eigenvalue weighted by atomic mass is 9.77. The summed E-state index contributed by atoms with van der Waals surface area (Å²) in [6.07, 6.45) is 4.15. The van der Waals surface area contributed by atoms with Crippen molar-refractivity contribution in [3.05, 3.63) is 29.8 Å². The summed E-state index contributed by atoms with van der Waals surface area (Å²) in [5.74, 6) is 1.00. The Labute approximate surface area is 139 Å². The van der Waals surface area contributed by atoms with E-state index in [1.165, 1.54) is 0 Å². The van der Waals surface area contributed by atoms with Gasteiger partial charge in [0.15, 0.2) is 0 Å². The van der Waals surface area contributed by atoms with Crippen LogP contribution in [0.3, 0.4) is 0 Å². The third-order valence-electron chi connectivity index (χ3n) is 4.99. The first-order valence-corrected chi connectivity index (χ1v) is 8.73. The Morgan fingerprint density at radius 3 is 2.65 bits per heavy atom. The maximum atomic E-state index is 12.5. The van der Waals surface area contributed by atoms with Crippen LogP contribution in [0.5, 0.6) is 5.75 Å². The molecule has 1 aromatic carbocycles. The molecule has 4 heteroatoms. The fourth-order valence-electron chi connectivity index (χ4n) is 3.11. The number of carbonyl (C=O) groups excluding carboxylic acids is 1. The molecule has 1 aliphatic rings. The highest BCUT2D eigenvalue weighted by atomic mass is 16.5. The molecule has 0 radical (unpaired) electrons. The number of amides is 1. The maximum absolute atomic E-state index is 12.5. The summed E-state index contributed by atoms with van der Waals surface area (Å²) in [7, 11) is 0. The summed E-state index contributed by atoms with van der Waals surface area (Å²) in [6, 6.07) is 7.81. The molecule has 4 nitrogen and oxygen atoms in total. The van der Waals surface area contributed by atoms with Gasteiger partial charge in [-0.15, -0.1) is 0 Å². The summed E-state index contributed by atoms with van der Waals surface area (Å²) in [6.45, 7) is 6.62. The van der Waals surface area contributed by atoms with Gasteiger partial charge < -0.3 is 14.7 Å². The smallest absolute Gasteiger partial charge is 0.226 e. The van der Waals surface area contributed by atoms with E-state index in [1.807, 2.05) is 29.2 Å². The molecular weight excluding hydrogens is 290 g/mol. The monoisotopic (exact) mass is 319 g/mol. The Morgan fingerprint density at radius 1 is 1.30 bits per heavy atom. The van der Waals surface area contributed by atoms with Gasteiger partial charge >= 0.3 is 0 Å². The number of hydrogen-bond donors (Lipinski definition) is 1. The highest BCUT2D eigenvalue weighted by molar-refractivity contribution is 5.79. The zero-order chi connectivity index (χ0) is 16.7. The van der Waals surface area contributed by atoms with Gasteiger partial charge in [-0.1, -0.05) is 26.0 Å². The number of piperidine rings is 1. The van der Waals surface area contributed by atoms with E-state index >= 15 is 0 Å². The number of aliphatic hydroxyl groups excluding tert-OH is 1. The molecule has 0 atom stereocenters. The van der Waals surface area contributed by atoms with Crippen molar-refractivity contribution in [3.8, 4) is 5.75 Å². The summed E-state index contributed by atoms with van der Waals surface area (Å²) in [5, 5.41) is 9.59. The van der Waals surface area contributed by atoms with E-state index in [4.69, 9.17) is 4.74 Å². The van der Waals surface area contributed by atoms with Crippen LogP contribution in [0.4, 0.5) is 0 Å². The summed E-state index contributed by atoms with van der Waals surface area (Å²) in [4.78, 5) is 14.4. The number of likely N-dealkylation sites (tertiary alicyclic amines) is 1. The number of carbonyl (C=O) groups is 1. The molecule has 0 saturated carbocycles. The molecule has 1 aromatic rings. The normalized spacial score (nSPS) is 17.1. The third kappa shape index (κ3) is 4.71. The summed E-state index contributed by atoms with van der Waals surface area (Å²) < 4.78 is 5.63. The van der Waals surface area contributed by atoms with Crippen LogP contribution in [0, 0.1) is 5.41 Å². The molecule has 0 aromatic heterocycles. The van der Waals surface area contributed by atoms with Gasteiger partial charge in [0, 0.05) is 19.7 Å². The minimum atomic E-state index is 0.0185. The summed E-state index contributed by atoms with van der Waals surface area (Å²) >= 11 is 0. The van der Waals surface area contributed by atoms with E-state index in [1.54, 1.807) is 0 Å². The highest BCUT2D eigenvalue weighted by Gasteiger charge is 2.33. The molecule has 1 amide bonds. The molecule has 23 heavy (non-hydrogen) atoms.